The van der Waals surface area contributed by atoms with Crippen molar-refractivity contribution in [3.8, 4) is 28.3 Å². The van der Waals surface area contributed by atoms with Gasteiger partial charge >= 0.3 is 6.18 Å². The predicted octanol–water partition coefficient (Wildman–Crippen LogP) is 5.49. The van der Waals surface area contributed by atoms with Crippen LogP contribution in [0.5, 0.6) is 5.75 Å². The van der Waals surface area contributed by atoms with Crippen molar-refractivity contribution in [1.82, 2.24) is 9.97 Å². The lowest BCUT2D eigenvalue weighted by Gasteiger charge is -2.05. The fourth-order valence-corrected chi connectivity index (χ4v) is 2.84. The minimum absolute atomic E-state index is 0.269. The van der Waals surface area contributed by atoms with Crippen LogP contribution in [0.1, 0.15) is 5.82 Å². The van der Waals surface area contributed by atoms with Gasteiger partial charge in [-0.1, -0.05) is 12.1 Å². The lowest BCUT2D eigenvalue weighted by molar-refractivity contribution is -0.144. The number of aromatic amines is 1. The van der Waals surface area contributed by atoms with E-state index in [-0.39, 0.29) is 5.69 Å². The van der Waals surface area contributed by atoms with Crippen LogP contribution in [0.4, 0.5) is 13.2 Å². The lowest BCUT2D eigenvalue weighted by atomic mass is 10.1. The molecule has 0 spiro atoms. The predicted molar refractivity (Wildman–Crippen MR) is 92.8 cm³/mol. The Morgan fingerprint density at radius 1 is 0.960 bits per heavy atom. The van der Waals surface area contributed by atoms with Gasteiger partial charge in [-0.15, -0.1) is 11.8 Å². The number of benzene rings is 2. The molecule has 0 radical (unpaired) electrons. The molecule has 0 aliphatic heterocycles. The molecule has 0 aliphatic rings. The molecule has 0 aliphatic carbocycles. The molecule has 3 nitrogen and oxygen atoms in total. The largest absolute Gasteiger partial charge is 0.497 e. The van der Waals surface area contributed by atoms with Crippen LogP contribution in [-0.2, 0) is 6.18 Å². The highest BCUT2D eigenvalue weighted by Crippen LogP contribution is 2.36. The van der Waals surface area contributed by atoms with E-state index in [9.17, 15) is 13.2 Å². The van der Waals surface area contributed by atoms with Gasteiger partial charge in [-0.05, 0) is 42.7 Å². The second kappa shape index (κ2) is 6.84. The number of alkyl halides is 3. The number of nitrogens with one attached hydrogen (secondary N) is 1. The first kappa shape index (κ1) is 17.4. The fourth-order valence-electron chi connectivity index (χ4n) is 2.43. The van der Waals surface area contributed by atoms with E-state index in [4.69, 9.17) is 4.74 Å². The third kappa shape index (κ3) is 3.66. The maximum absolute atomic E-state index is 13.1. The third-order valence-electron chi connectivity index (χ3n) is 3.71. The first-order valence-electron chi connectivity index (χ1n) is 7.38. The number of rotatable bonds is 4. The fraction of sp³-hybridized carbons (Fsp3) is 0.167. The van der Waals surface area contributed by atoms with Gasteiger partial charge in [0.25, 0.3) is 0 Å². The number of aromatic nitrogens is 2. The molecule has 0 atom stereocenters. The average molecular weight is 364 g/mol. The highest BCUT2D eigenvalue weighted by molar-refractivity contribution is 7.98. The molecule has 130 valence electrons. The first-order valence-corrected chi connectivity index (χ1v) is 8.61. The highest BCUT2D eigenvalue weighted by Gasteiger charge is 2.36. The topological polar surface area (TPSA) is 37.9 Å². The minimum Gasteiger partial charge on any atom is -0.497 e. The molecule has 0 saturated carbocycles. The molecule has 1 heterocycles. The minimum atomic E-state index is -4.54. The van der Waals surface area contributed by atoms with Crippen LogP contribution in [0.15, 0.2) is 53.4 Å². The number of ether oxygens (including phenoxy) is 1. The van der Waals surface area contributed by atoms with Crippen molar-refractivity contribution in [2.45, 2.75) is 11.1 Å². The molecule has 2 aromatic carbocycles. The SMILES string of the molecule is COc1ccc(-c2[nH]c(C(F)(F)F)nc2-c2ccc(SC)cc2)cc1. The van der Waals surface area contributed by atoms with Crippen LogP contribution in [0.25, 0.3) is 22.5 Å². The molecule has 0 amide bonds. The Bertz CT molecular complexity index is 791. The Morgan fingerprint density at radius 3 is 2.08 bits per heavy atom. The Balaban J connectivity index is 2.12. The van der Waals surface area contributed by atoms with Gasteiger partial charge in [-0.25, -0.2) is 4.98 Å². The quantitative estimate of drug-likeness (QED) is 0.622. The molecule has 1 N–H and O–H groups in total. The summed E-state index contributed by atoms with van der Waals surface area (Å²) in [7, 11) is 1.53. The average Bonchev–Trinajstić information content (AvgIpc) is 3.07. The molecule has 25 heavy (non-hydrogen) atoms. The van der Waals surface area contributed by atoms with Crippen LogP contribution < -0.4 is 4.74 Å². The Hall–Kier alpha value is -2.41. The maximum Gasteiger partial charge on any atom is 0.449 e. The van der Waals surface area contributed by atoms with Gasteiger partial charge in [-0.2, -0.15) is 13.2 Å². The van der Waals surface area contributed by atoms with Crippen molar-refractivity contribution in [3.63, 3.8) is 0 Å². The monoisotopic (exact) mass is 364 g/mol. The van der Waals surface area contributed by atoms with E-state index in [2.05, 4.69) is 9.97 Å². The summed E-state index contributed by atoms with van der Waals surface area (Å²) in [4.78, 5) is 7.26. The summed E-state index contributed by atoms with van der Waals surface area (Å²) >= 11 is 1.56. The zero-order valence-electron chi connectivity index (χ0n) is 13.5. The third-order valence-corrected chi connectivity index (χ3v) is 4.46. The smallest absolute Gasteiger partial charge is 0.449 e. The second-order valence-electron chi connectivity index (χ2n) is 5.26. The summed E-state index contributed by atoms with van der Waals surface area (Å²) in [6, 6.07) is 14.1. The summed E-state index contributed by atoms with van der Waals surface area (Å²) in [6.07, 6.45) is -2.60. The number of halogens is 3. The molecule has 0 bridgehead atoms. The Labute approximate surface area is 147 Å². The number of nitrogens with zero attached hydrogens (tertiary/aromatic N) is 1. The van der Waals surface area contributed by atoms with Crippen LogP contribution in [0.3, 0.4) is 0 Å². The number of methoxy groups -OCH3 is 1. The zero-order valence-corrected chi connectivity index (χ0v) is 14.3. The van der Waals surface area contributed by atoms with Gasteiger partial charge in [0.15, 0.2) is 0 Å². The van der Waals surface area contributed by atoms with E-state index in [0.717, 1.165) is 4.90 Å². The van der Waals surface area contributed by atoms with E-state index in [1.807, 2.05) is 18.4 Å². The van der Waals surface area contributed by atoms with Gasteiger partial charge in [-0.3, -0.25) is 0 Å². The van der Waals surface area contributed by atoms with E-state index in [1.165, 1.54) is 7.11 Å². The molecule has 1 aromatic heterocycles. The zero-order chi connectivity index (χ0) is 18.0. The molecule has 0 fully saturated rings. The van der Waals surface area contributed by atoms with Crippen molar-refractivity contribution < 1.29 is 17.9 Å². The molecule has 0 saturated heterocycles. The standard InChI is InChI=1S/C18H15F3N2OS/c1-24-13-7-3-11(4-8-13)15-16(23-17(22-15)18(19,20)21)12-5-9-14(25-2)10-6-12/h3-10H,1-2H3,(H,22,23). The summed E-state index contributed by atoms with van der Waals surface area (Å²) < 4.78 is 44.5. The number of H-pyrrole nitrogens is 1. The second-order valence-corrected chi connectivity index (χ2v) is 6.14. The highest BCUT2D eigenvalue weighted by atomic mass is 32.2. The van der Waals surface area contributed by atoms with Gasteiger partial charge in [0.2, 0.25) is 5.82 Å². The maximum atomic E-state index is 13.1. The molecule has 3 aromatic rings. The van der Waals surface area contributed by atoms with Crippen molar-refractivity contribution in [2.24, 2.45) is 0 Å². The lowest BCUT2D eigenvalue weighted by Crippen LogP contribution is -2.07. The summed E-state index contributed by atoms with van der Waals surface area (Å²) in [5, 5.41) is 0. The molecule has 7 heteroatoms. The summed E-state index contributed by atoms with van der Waals surface area (Å²) in [6.45, 7) is 0. The number of hydrogen-bond donors (Lipinski definition) is 1. The van der Waals surface area contributed by atoms with Crippen LogP contribution in [0, 0.1) is 0 Å². The Kier molecular flexibility index (Phi) is 4.76. The van der Waals surface area contributed by atoms with E-state index in [0.29, 0.717) is 22.6 Å². The molecule has 3 rings (SSSR count). The molecule has 0 unspecified atom stereocenters. The number of thioether (sulfide) groups is 1. The van der Waals surface area contributed by atoms with Crippen LogP contribution in [-0.4, -0.2) is 23.3 Å². The van der Waals surface area contributed by atoms with Gasteiger partial charge in [0.05, 0.1) is 18.5 Å². The van der Waals surface area contributed by atoms with Gasteiger partial charge in [0.1, 0.15) is 5.75 Å². The van der Waals surface area contributed by atoms with Crippen molar-refractivity contribution in [1.29, 1.82) is 0 Å². The van der Waals surface area contributed by atoms with Gasteiger partial charge < -0.3 is 9.72 Å². The van der Waals surface area contributed by atoms with Crippen molar-refractivity contribution in [3.05, 3.63) is 54.4 Å². The van der Waals surface area contributed by atoms with Crippen molar-refractivity contribution in [2.75, 3.05) is 13.4 Å². The van der Waals surface area contributed by atoms with E-state index >= 15 is 0 Å². The van der Waals surface area contributed by atoms with Gasteiger partial charge in [0, 0.05) is 16.0 Å². The summed E-state index contributed by atoms with van der Waals surface area (Å²) in [5.41, 5.74) is 1.82. The number of hydrogen-bond acceptors (Lipinski definition) is 3. The summed E-state index contributed by atoms with van der Waals surface area (Å²) in [5.74, 6) is -0.382. The normalized spacial score (nSPS) is 11.6. The first-order chi connectivity index (χ1) is 11.9. The molecular weight excluding hydrogens is 349 g/mol. The number of imidazole rings is 1. The van der Waals surface area contributed by atoms with Crippen LogP contribution >= 0.6 is 11.8 Å². The van der Waals surface area contributed by atoms with Crippen LogP contribution in [0.2, 0.25) is 0 Å². The van der Waals surface area contributed by atoms with Crippen molar-refractivity contribution >= 4 is 11.8 Å². The van der Waals surface area contributed by atoms with E-state index < -0.39 is 12.0 Å². The Morgan fingerprint density at radius 2 is 1.56 bits per heavy atom. The van der Waals surface area contributed by atoms with E-state index in [1.54, 1.807) is 48.2 Å². The molecular formula is C18H15F3N2OS.